The van der Waals surface area contributed by atoms with Gasteiger partial charge in [-0.3, -0.25) is 19.5 Å². The number of carboxylic acid groups (broad SMARTS) is 1. The van der Waals surface area contributed by atoms with Gasteiger partial charge >= 0.3 is 71.9 Å². The molecule has 0 bridgehead atoms. The van der Waals surface area contributed by atoms with Gasteiger partial charge in [0.2, 0.25) is 0 Å². The molecule has 0 spiro atoms. The van der Waals surface area contributed by atoms with E-state index in [1.807, 2.05) is 48.5 Å². The molecule has 0 aliphatic carbocycles. The van der Waals surface area contributed by atoms with Crippen molar-refractivity contribution in [2.24, 2.45) is 0 Å². The first-order valence-electron chi connectivity index (χ1n) is 35.2. The molecular weight excluding hydrogens is 1590 g/mol. The number of amides is 1. The first kappa shape index (κ1) is 98.1. The molecule has 0 fully saturated rings. The number of nitrogens with zero attached hydrogens (tertiary/aromatic N) is 3. The van der Waals surface area contributed by atoms with Crippen molar-refractivity contribution in [2.45, 2.75) is 128 Å². The minimum Gasteiger partial charge on any atom is -0.870 e. The molecule has 1 amide bonds. The van der Waals surface area contributed by atoms with Crippen LogP contribution in [0.25, 0.3) is 0 Å². The fourth-order valence-corrected chi connectivity index (χ4v) is 18.1. The average molecular weight is 1700 g/mol. The van der Waals surface area contributed by atoms with E-state index in [0.717, 1.165) is 106 Å². The Kier molecular flexibility index (Phi) is 35.4. The van der Waals surface area contributed by atoms with Gasteiger partial charge in [-0.25, -0.2) is 14.4 Å². The van der Waals surface area contributed by atoms with E-state index in [-0.39, 0.29) is 134 Å². The van der Waals surface area contributed by atoms with Crippen LogP contribution in [-0.4, -0.2) is 152 Å². The van der Waals surface area contributed by atoms with E-state index in [0.29, 0.717) is 84.5 Å². The molecule has 6 aliphatic heterocycles. The van der Waals surface area contributed by atoms with Gasteiger partial charge in [-0.05, 0) is 198 Å². The number of aromatic carboxylic acids is 1. The van der Waals surface area contributed by atoms with Crippen molar-refractivity contribution >= 4 is 60.0 Å². The zero-order chi connectivity index (χ0) is 78.3. The third kappa shape index (κ3) is 20.6. The molecule has 117 heavy (non-hydrogen) atoms. The second kappa shape index (κ2) is 42.3. The third-order valence-electron chi connectivity index (χ3n) is 20.5. The molecule has 0 aromatic heterocycles. The summed E-state index contributed by atoms with van der Waals surface area (Å²) in [6.07, 6.45) is 4.13. The fourth-order valence-electron chi connectivity index (χ4n) is 15.1. The van der Waals surface area contributed by atoms with E-state index < -0.39 is 42.3 Å². The van der Waals surface area contributed by atoms with E-state index in [9.17, 15) is 44.7 Å². The van der Waals surface area contributed by atoms with Crippen LogP contribution in [-0.2, 0) is 93.3 Å². The van der Waals surface area contributed by atoms with E-state index in [1.54, 1.807) is 107 Å². The second-order valence-electron chi connectivity index (χ2n) is 26.4. The molecule has 0 radical (unpaired) electrons. The number of fused-ring (bicyclic) bond motifs is 12. The van der Waals surface area contributed by atoms with Gasteiger partial charge in [0, 0.05) is 81.1 Å². The Hall–Kier alpha value is -9.47. The molecule has 6 aliphatic rings. The maximum Gasteiger partial charge on any atom is 1.00 e. The van der Waals surface area contributed by atoms with Crippen molar-refractivity contribution in [1.82, 2.24) is 24.9 Å². The minimum atomic E-state index is -4.06. The van der Waals surface area contributed by atoms with Crippen LogP contribution < -0.4 is 80.7 Å². The monoisotopic (exact) mass is 1700 g/mol. The SMILES string of the molecule is C.C.C.C.C.CNC(=O)c1cc2c(cc1OC)CCN1Cc3c(ccc(OC)c3OS(=O)(=O)c3ccccc3)CC21.CNCl.COC(=O)c1cc2c(cc1OC)CCN1Cc3c(ccc(OC)c3OS(=O)(=O)c3ccccc3)CC21.COc1cc2c(cc1C(=O)O)C1Cc3ccc(OC)c(OS(=O)(=O)c4ccccc4)c3CN1CC2.[Na+].[OH-]. The molecule has 626 valence electrons. The van der Waals surface area contributed by atoms with E-state index in [4.69, 9.17) is 57.5 Å². The van der Waals surface area contributed by atoms with Gasteiger partial charge in [-0.1, -0.05) is 110 Å². The summed E-state index contributed by atoms with van der Waals surface area (Å²) >= 11 is 4.75. The Labute approximate surface area is 715 Å². The Morgan fingerprint density at radius 3 is 0.949 bits per heavy atom. The number of carbonyl (C=O) groups is 3. The predicted octanol–water partition coefficient (Wildman–Crippen LogP) is 11.6. The first-order chi connectivity index (χ1) is 52.9. The van der Waals surface area contributed by atoms with Gasteiger partial charge in [0.15, 0.2) is 34.5 Å². The average Bonchev–Trinajstić information content (AvgIpc) is 0.755. The van der Waals surface area contributed by atoms with Gasteiger partial charge in [0.1, 0.15) is 43.1 Å². The summed E-state index contributed by atoms with van der Waals surface area (Å²) in [5.41, 5.74) is 12.7. The Morgan fingerprint density at radius 1 is 0.402 bits per heavy atom. The predicted molar refractivity (Wildman–Crippen MR) is 445 cm³/mol. The van der Waals surface area contributed by atoms with E-state index >= 15 is 0 Å². The van der Waals surface area contributed by atoms with Crippen LogP contribution in [0.3, 0.4) is 0 Å². The molecule has 6 heterocycles. The molecule has 9 aromatic carbocycles. The van der Waals surface area contributed by atoms with Crippen LogP contribution in [0, 0.1) is 0 Å². The molecule has 26 nitrogen and oxygen atoms in total. The van der Waals surface area contributed by atoms with Crippen molar-refractivity contribution < 1.29 is 125 Å². The molecule has 0 saturated heterocycles. The van der Waals surface area contributed by atoms with Crippen LogP contribution in [0.2, 0.25) is 0 Å². The maximum absolute atomic E-state index is 13.1. The van der Waals surface area contributed by atoms with Crippen LogP contribution in [0.5, 0.6) is 51.7 Å². The van der Waals surface area contributed by atoms with Crippen LogP contribution in [0.1, 0.15) is 153 Å². The molecule has 4 N–H and O–H groups in total. The second-order valence-corrected chi connectivity index (χ2v) is 31.4. The summed E-state index contributed by atoms with van der Waals surface area (Å²) in [4.78, 5) is 46.0. The van der Waals surface area contributed by atoms with Crippen molar-refractivity contribution in [3.05, 3.63) is 247 Å². The number of carbonyl (C=O) groups excluding carboxylic acids is 2. The van der Waals surface area contributed by atoms with E-state index in [1.165, 1.54) is 71.9 Å². The van der Waals surface area contributed by atoms with Gasteiger partial charge in [0.25, 0.3) is 5.91 Å². The van der Waals surface area contributed by atoms with Crippen molar-refractivity contribution in [3.63, 3.8) is 0 Å². The molecule has 9 aromatic rings. The number of hydrogen-bond acceptors (Lipinski definition) is 24. The van der Waals surface area contributed by atoms with E-state index in [2.05, 4.69) is 24.9 Å². The number of methoxy groups -OCH3 is 7. The van der Waals surface area contributed by atoms with Crippen LogP contribution >= 0.6 is 11.8 Å². The van der Waals surface area contributed by atoms with Crippen molar-refractivity contribution in [2.75, 3.05) is 83.5 Å². The molecule has 15 rings (SSSR count). The number of rotatable bonds is 18. The van der Waals surface area contributed by atoms with Gasteiger partial charge in [0.05, 0.1) is 55.3 Å². The summed E-state index contributed by atoms with van der Waals surface area (Å²) in [7, 11) is 1.50. The summed E-state index contributed by atoms with van der Waals surface area (Å²) in [6, 6.07) is 46.4. The number of ether oxygens (including phenoxy) is 7. The number of hydrogen-bond donors (Lipinski definition) is 3. The molecule has 31 heteroatoms. The van der Waals surface area contributed by atoms with Gasteiger partial charge < -0.3 is 61.6 Å². The fraction of sp³-hybridized carbons (Fsp3) is 0.337. The van der Waals surface area contributed by atoms with Gasteiger partial charge in [-0.15, -0.1) is 0 Å². The summed E-state index contributed by atoms with van der Waals surface area (Å²) in [6.45, 7) is 3.70. The molecule has 0 saturated carbocycles. The Morgan fingerprint density at radius 2 is 0.675 bits per heavy atom. The molecule has 3 atom stereocenters. The van der Waals surface area contributed by atoms with Crippen LogP contribution in [0.15, 0.2) is 178 Å². The van der Waals surface area contributed by atoms with Gasteiger partial charge in [-0.2, -0.15) is 25.3 Å². The summed E-state index contributed by atoms with van der Waals surface area (Å²) in [5, 5.41) is 12.4. The third-order valence-corrected chi connectivity index (χ3v) is 24.2. The zero-order valence-corrected chi connectivity index (χ0v) is 68.6. The molecular formula is C86H105ClN5NaO21S3. The van der Waals surface area contributed by atoms with Crippen molar-refractivity contribution in [1.29, 1.82) is 0 Å². The maximum atomic E-state index is 13.1. The Bertz CT molecular complexity index is 5110. The quantitative estimate of drug-likeness (QED) is 0.0311. The largest absolute Gasteiger partial charge is 1.00 e. The first-order valence-corrected chi connectivity index (χ1v) is 39.8. The summed E-state index contributed by atoms with van der Waals surface area (Å²) in [5.74, 6) is 1.44. The van der Waals surface area contributed by atoms with Crippen molar-refractivity contribution in [3.8, 4) is 51.7 Å². The Balaban J connectivity index is 0.000000299. The zero-order valence-electron chi connectivity index (χ0n) is 63.4. The number of halogens is 1. The number of carboxylic acids is 1. The molecule has 3 unspecified atom stereocenters. The number of benzene rings is 9. The minimum absolute atomic E-state index is 0. The number of nitrogens with one attached hydrogen (secondary N) is 2. The smallest absolute Gasteiger partial charge is 0.870 e. The standard InChI is InChI=1S/C27H28N2O6S.C27H27NO7S.C26H25NO7S.CH4ClN.5CH4.Na.H2O/c1-28-27(30)21-15-20-18(14-25(21)34-3)11-12-29-16-22-17(13-23(20)29)9-10-24(33-2)26(22)35-36(31,32)19-7-5-4-6-8-19;1-32-24-10-9-17-13-23-20-15-21(27(29)34-3)25(33-2)14-18(20)11-12-28(23)16-22(17)26(24)35-36(30,31)19-7-5-4-6-8-19;1-32-23-9-8-16-12-22-19-14-20(26(28)29)24(33-2)13-17(19)10-11-27(22)15-21(16)25(23)34-35(30,31)18-6-4-3-5-7-18;1-3-2;;;;;;;/h4-10,14-15,23H,11-13,16H2,1-3H3,(H,28,30);4-10,14-15,23H,11-13,16H2,1-3H3;3-9,13-14,22H,10-12,15H2,1-2H3,(H,28,29);3H,1H3;5*1H4;;1H2/q;;;;;;;;;+1;/p-1. The number of esters is 1. The normalized spacial score (nSPS) is 15.6. The topological polar surface area (TPSA) is 330 Å². The summed E-state index contributed by atoms with van der Waals surface area (Å²) < 4.78 is 133. The van der Waals surface area contributed by atoms with Crippen LogP contribution in [0.4, 0.5) is 0 Å².